The molecule has 0 spiro atoms. The molecule has 3 heteroatoms. The summed E-state index contributed by atoms with van der Waals surface area (Å²) in [5.74, 6) is 1.04. The highest BCUT2D eigenvalue weighted by Crippen LogP contribution is 2.27. The Hall–Kier alpha value is -0.570. The third-order valence-corrected chi connectivity index (χ3v) is 3.18. The predicted octanol–water partition coefficient (Wildman–Crippen LogP) is 1.29. The van der Waals surface area contributed by atoms with Gasteiger partial charge in [-0.05, 0) is 25.2 Å². The Kier molecular flexibility index (Phi) is 4.94. The highest BCUT2D eigenvalue weighted by atomic mass is 16.1. The first-order valence-corrected chi connectivity index (χ1v) is 5.70. The lowest BCUT2D eigenvalue weighted by Gasteiger charge is -2.12. The smallest absolute Gasteiger partial charge is 0.221 e. The van der Waals surface area contributed by atoms with E-state index in [1.165, 1.54) is 25.7 Å². The van der Waals surface area contributed by atoms with Crippen LogP contribution >= 0.6 is 0 Å². The first-order valence-electron chi connectivity index (χ1n) is 5.70. The van der Waals surface area contributed by atoms with Crippen molar-refractivity contribution >= 4 is 5.91 Å². The third kappa shape index (κ3) is 3.66. The van der Waals surface area contributed by atoms with Gasteiger partial charge in [-0.15, -0.1) is 0 Å². The van der Waals surface area contributed by atoms with E-state index >= 15 is 0 Å². The Morgan fingerprint density at radius 3 is 2.79 bits per heavy atom. The molecule has 0 saturated heterocycles. The van der Waals surface area contributed by atoms with Gasteiger partial charge in [-0.3, -0.25) is 4.79 Å². The normalized spacial score (nSPS) is 26.4. The lowest BCUT2D eigenvalue weighted by atomic mass is 10.1. The summed E-state index contributed by atoms with van der Waals surface area (Å²) < 4.78 is 0. The van der Waals surface area contributed by atoms with Crippen LogP contribution < -0.4 is 10.6 Å². The van der Waals surface area contributed by atoms with Crippen LogP contribution in [-0.2, 0) is 4.79 Å². The molecule has 1 rings (SSSR count). The van der Waals surface area contributed by atoms with Crippen molar-refractivity contribution in [2.24, 2.45) is 5.92 Å². The van der Waals surface area contributed by atoms with Crippen molar-refractivity contribution in [3.8, 4) is 0 Å². The molecule has 0 aromatic heterocycles. The number of rotatable bonds is 5. The number of hydrogen-bond donors (Lipinski definition) is 2. The summed E-state index contributed by atoms with van der Waals surface area (Å²) >= 11 is 0. The molecule has 0 bridgehead atoms. The van der Waals surface area contributed by atoms with Crippen LogP contribution in [0.3, 0.4) is 0 Å². The molecule has 82 valence electrons. The number of amides is 1. The van der Waals surface area contributed by atoms with Gasteiger partial charge >= 0.3 is 0 Å². The quantitative estimate of drug-likeness (QED) is 0.699. The summed E-state index contributed by atoms with van der Waals surface area (Å²) in [5.41, 5.74) is 0. The zero-order valence-corrected chi connectivity index (χ0v) is 9.31. The highest BCUT2D eigenvalue weighted by molar-refractivity contribution is 5.75. The van der Waals surface area contributed by atoms with E-state index in [-0.39, 0.29) is 5.91 Å². The minimum absolute atomic E-state index is 0.127. The minimum Gasteiger partial charge on any atom is -0.359 e. The molecule has 1 amide bonds. The van der Waals surface area contributed by atoms with E-state index in [0.29, 0.717) is 12.5 Å². The van der Waals surface area contributed by atoms with E-state index in [1.54, 1.807) is 7.05 Å². The van der Waals surface area contributed by atoms with Crippen molar-refractivity contribution in [2.75, 3.05) is 13.6 Å². The SMILES string of the molecule is CCC1CCC(NCCC(=O)NC)C1. The third-order valence-electron chi connectivity index (χ3n) is 3.18. The molecule has 0 heterocycles. The Morgan fingerprint density at radius 2 is 2.21 bits per heavy atom. The number of carbonyl (C=O) groups is 1. The fraction of sp³-hybridized carbons (Fsp3) is 0.909. The molecular weight excluding hydrogens is 176 g/mol. The van der Waals surface area contributed by atoms with Gasteiger partial charge in [0.15, 0.2) is 0 Å². The van der Waals surface area contributed by atoms with Crippen molar-refractivity contribution in [3.05, 3.63) is 0 Å². The zero-order chi connectivity index (χ0) is 10.4. The van der Waals surface area contributed by atoms with E-state index in [2.05, 4.69) is 17.6 Å². The Balaban J connectivity index is 2.05. The molecule has 1 aliphatic rings. The Morgan fingerprint density at radius 1 is 1.43 bits per heavy atom. The van der Waals surface area contributed by atoms with Gasteiger partial charge in [0.1, 0.15) is 0 Å². The van der Waals surface area contributed by atoms with Gasteiger partial charge in [0.25, 0.3) is 0 Å². The summed E-state index contributed by atoms with van der Waals surface area (Å²) in [5, 5.41) is 6.08. The topological polar surface area (TPSA) is 41.1 Å². The fourth-order valence-electron chi connectivity index (χ4n) is 2.15. The summed E-state index contributed by atoms with van der Waals surface area (Å²) in [6.45, 7) is 3.08. The lowest BCUT2D eigenvalue weighted by Crippen LogP contribution is -2.31. The molecule has 2 N–H and O–H groups in total. The van der Waals surface area contributed by atoms with Crippen LogP contribution in [-0.4, -0.2) is 25.5 Å². The standard InChI is InChI=1S/C11H22N2O/c1-3-9-4-5-10(8-9)13-7-6-11(14)12-2/h9-10,13H,3-8H2,1-2H3,(H,12,14). The van der Waals surface area contributed by atoms with Gasteiger partial charge in [-0.2, -0.15) is 0 Å². The molecule has 0 aliphatic heterocycles. The molecule has 2 atom stereocenters. The van der Waals surface area contributed by atoms with Crippen molar-refractivity contribution in [2.45, 2.75) is 45.1 Å². The van der Waals surface area contributed by atoms with Crippen molar-refractivity contribution in [3.63, 3.8) is 0 Å². The summed E-state index contributed by atoms with van der Waals surface area (Å²) in [6.07, 6.45) is 5.84. The second-order valence-corrected chi connectivity index (χ2v) is 4.16. The fourth-order valence-corrected chi connectivity index (χ4v) is 2.15. The maximum absolute atomic E-state index is 11.0. The second kappa shape index (κ2) is 6.02. The van der Waals surface area contributed by atoms with Gasteiger partial charge in [0.05, 0.1) is 0 Å². The molecular formula is C11H22N2O. The summed E-state index contributed by atoms with van der Waals surface area (Å²) in [6, 6.07) is 0.657. The number of nitrogens with one attached hydrogen (secondary N) is 2. The largest absolute Gasteiger partial charge is 0.359 e. The first-order chi connectivity index (χ1) is 6.76. The predicted molar refractivity (Wildman–Crippen MR) is 58.1 cm³/mol. The number of hydrogen-bond acceptors (Lipinski definition) is 2. The maximum Gasteiger partial charge on any atom is 0.221 e. The molecule has 0 radical (unpaired) electrons. The second-order valence-electron chi connectivity index (χ2n) is 4.16. The molecule has 0 aromatic rings. The average molecular weight is 198 g/mol. The van der Waals surface area contributed by atoms with Crippen LogP contribution in [0.2, 0.25) is 0 Å². The van der Waals surface area contributed by atoms with Gasteiger partial charge in [-0.25, -0.2) is 0 Å². The molecule has 2 unspecified atom stereocenters. The summed E-state index contributed by atoms with van der Waals surface area (Å²) in [4.78, 5) is 11.0. The number of carbonyl (C=O) groups excluding carboxylic acids is 1. The molecule has 0 aromatic carbocycles. The first kappa shape index (κ1) is 11.5. The van der Waals surface area contributed by atoms with E-state index in [4.69, 9.17) is 0 Å². The summed E-state index contributed by atoms with van der Waals surface area (Å²) in [7, 11) is 1.69. The van der Waals surface area contributed by atoms with Gasteiger partial charge in [-0.1, -0.05) is 13.3 Å². The zero-order valence-electron chi connectivity index (χ0n) is 9.31. The van der Waals surface area contributed by atoms with Crippen LogP contribution in [0, 0.1) is 5.92 Å². The van der Waals surface area contributed by atoms with E-state index < -0.39 is 0 Å². The Labute approximate surface area is 86.6 Å². The minimum atomic E-state index is 0.127. The van der Waals surface area contributed by atoms with Crippen molar-refractivity contribution in [1.82, 2.24) is 10.6 Å². The molecule has 3 nitrogen and oxygen atoms in total. The van der Waals surface area contributed by atoms with E-state index in [1.807, 2.05) is 0 Å². The van der Waals surface area contributed by atoms with Gasteiger partial charge < -0.3 is 10.6 Å². The van der Waals surface area contributed by atoms with E-state index in [9.17, 15) is 4.79 Å². The maximum atomic E-state index is 11.0. The van der Waals surface area contributed by atoms with Crippen molar-refractivity contribution in [1.29, 1.82) is 0 Å². The monoisotopic (exact) mass is 198 g/mol. The van der Waals surface area contributed by atoms with Crippen LogP contribution in [0.15, 0.2) is 0 Å². The van der Waals surface area contributed by atoms with Crippen LogP contribution in [0.25, 0.3) is 0 Å². The van der Waals surface area contributed by atoms with Crippen LogP contribution in [0.5, 0.6) is 0 Å². The lowest BCUT2D eigenvalue weighted by molar-refractivity contribution is -0.120. The molecule has 1 fully saturated rings. The Bertz CT molecular complexity index is 182. The van der Waals surface area contributed by atoms with E-state index in [0.717, 1.165) is 12.5 Å². The molecule has 14 heavy (non-hydrogen) atoms. The van der Waals surface area contributed by atoms with Gasteiger partial charge in [0, 0.05) is 26.1 Å². The van der Waals surface area contributed by atoms with Crippen molar-refractivity contribution < 1.29 is 4.79 Å². The molecule has 1 saturated carbocycles. The average Bonchev–Trinajstić information content (AvgIpc) is 2.65. The van der Waals surface area contributed by atoms with Gasteiger partial charge in [0.2, 0.25) is 5.91 Å². The highest BCUT2D eigenvalue weighted by Gasteiger charge is 2.22. The van der Waals surface area contributed by atoms with Crippen LogP contribution in [0.1, 0.15) is 39.0 Å². The van der Waals surface area contributed by atoms with Crippen LogP contribution in [0.4, 0.5) is 0 Å². The molecule has 1 aliphatic carbocycles.